The monoisotopic (exact) mass is 433 g/mol. The summed E-state index contributed by atoms with van der Waals surface area (Å²) in [6.07, 6.45) is -3.18. The minimum absolute atomic E-state index is 0.0968. The second-order valence-electron chi connectivity index (χ2n) is 6.02. The van der Waals surface area contributed by atoms with E-state index in [1.165, 1.54) is 24.3 Å². The summed E-state index contributed by atoms with van der Waals surface area (Å²) in [5, 5.41) is 12.1. The Labute approximate surface area is 163 Å². The van der Waals surface area contributed by atoms with E-state index < -0.39 is 27.6 Å². The van der Waals surface area contributed by atoms with E-state index in [-0.39, 0.29) is 29.7 Å². The normalized spacial score (nSPS) is 16.4. The van der Waals surface area contributed by atoms with Gasteiger partial charge in [0.05, 0.1) is 36.2 Å². The van der Waals surface area contributed by atoms with Crippen LogP contribution in [0, 0.1) is 11.3 Å². The molecule has 2 heterocycles. The highest BCUT2D eigenvalue weighted by Gasteiger charge is 2.50. The Morgan fingerprint density at radius 2 is 2.00 bits per heavy atom. The number of aromatic nitrogens is 2. The second kappa shape index (κ2) is 7.40. The number of hydrogen-bond acceptors (Lipinski definition) is 7. The van der Waals surface area contributed by atoms with Gasteiger partial charge in [0.1, 0.15) is 5.08 Å². The molecule has 0 N–H and O–H groups in total. The Balaban J connectivity index is 2.12. The van der Waals surface area contributed by atoms with Gasteiger partial charge in [0, 0.05) is 0 Å². The van der Waals surface area contributed by atoms with Crippen molar-refractivity contribution in [1.82, 2.24) is 9.78 Å². The number of hydrogen-bond donors (Lipinski definition) is 0. The van der Waals surface area contributed by atoms with Crippen molar-refractivity contribution in [1.29, 1.82) is 5.26 Å². The van der Waals surface area contributed by atoms with Crippen molar-refractivity contribution in [3.05, 3.63) is 47.3 Å². The number of benzene rings is 1. The lowest BCUT2D eigenvalue weighted by molar-refractivity contribution is -0.168. The summed E-state index contributed by atoms with van der Waals surface area (Å²) in [5.74, 6) is 0. The molecule has 12 heteroatoms. The quantitative estimate of drug-likeness (QED) is 0.647. The Hall–Kier alpha value is -2.07. The van der Waals surface area contributed by atoms with Crippen LogP contribution in [0.1, 0.15) is 17.0 Å². The van der Waals surface area contributed by atoms with Crippen molar-refractivity contribution in [2.75, 3.05) is 24.6 Å². The van der Waals surface area contributed by atoms with Crippen LogP contribution in [-0.4, -0.2) is 42.8 Å². The van der Waals surface area contributed by atoms with Gasteiger partial charge in [0.25, 0.3) is 10.1 Å². The molecule has 1 saturated heterocycles. The average Bonchev–Trinajstić information content (AvgIpc) is 3.04. The first-order valence-electron chi connectivity index (χ1n) is 7.78. The van der Waals surface area contributed by atoms with Gasteiger partial charge in [-0.15, -0.1) is 11.8 Å². The maximum atomic E-state index is 13.3. The first-order valence-corrected chi connectivity index (χ1v) is 10.8. The molecule has 1 aromatic carbocycles. The standard InChI is InChI=1S/C16H14F3N3O4S2/c1-27-10-28(23,24)26-15(8-25-9-15)14-6-13(16(17,18)19)21-22(14)12-4-2-11(7-20)3-5-12/h2-6H,8-10H2,1H3. The first kappa shape index (κ1) is 20.7. The van der Waals surface area contributed by atoms with Crippen LogP contribution < -0.4 is 0 Å². The molecule has 0 unspecified atom stereocenters. The minimum Gasteiger partial charge on any atom is -0.374 e. The van der Waals surface area contributed by atoms with Gasteiger partial charge in [-0.1, -0.05) is 0 Å². The number of ether oxygens (including phenoxy) is 1. The molecular weight excluding hydrogens is 419 g/mol. The Morgan fingerprint density at radius 3 is 2.46 bits per heavy atom. The molecule has 1 aromatic heterocycles. The number of alkyl halides is 3. The minimum atomic E-state index is -4.74. The zero-order chi connectivity index (χ0) is 20.6. The van der Waals surface area contributed by atoms with Crippen molar-refractivity contribution in [2.24, 2.45) is 0 Å². The van der Waals surface area contributed by atoms with E-state index in [1.807, 2.05) is 6.07 Å². The lowest BCUT2D eigenvalue weighted by Crippen LogP contribution is -2.51. The molecule has 0 amide bonds. The van der Waals surface area contributed by atoms with Crippen LogP contribution in [-0.2, 0) is 30.8 Å². The zero-order valence-electron chi connectivity index (χ0n) is 14.4. The van der Waals surface area contributed by atoms with E-state index in [2.05, 4.69) is 5.10 Å². The molecule has 28 heavy (non-hydrogen) atoms. The SMILES string of the molecule is CSCS(=O)(=O)OC1(c2cc(C(F)(F)F)nn2-c2ccc(C#N)cc2)COC1. The summed E-state index contributed by atoms with van der Waals surface area (Å²) in [7, 11) is -4.02. The molecule has 150 valence electrons. The molecule has 0 radical (unpaired) electrons. The molecule has 0 spiro atoms. The molecule has 0 aliphatic carbocycles. The third kappa shape index (κ3) is 4.02. The van der Waals surface area contributed by atoms with E-state index in [1.54, 1.807) is 6.26 Å². The lowest BCUT2D eigenvalue weighted by Gasteiger charge is -2.40. The van der Waals surface area contributed by atoms with Crippen molar-refractivity contribution in [3.63, 3.8) is 0 Å². The van der Waals surface area contributed by atoms with Gasteiger partial charge < -0.3 is 4.74 Å². The Morgan fingerprint density at radius 1 is 1.36 bits per heavy atom. The lowest BCUT2D eigenvalue weighted by atomic mass is 9.97. The maximum Gasteiger partial charge on any atom is 0.435 e. The summed E-state index contributed by atoms with van der Waals surface area (Å²) in [6, 6.07) is 8.34. The first-order chi connectivity index (χ1) is 13.1. The second-order valence-corrected chi connectivity index (χ2v) is 8.82. The predicted molar refractivity (Wildman–Crippen MR) is 94.2 cm³/mol. The molecule has 1 aliphatic heterocycles. The number of nitrogens with zero attached hydrogens (tertiary/aromatic N) is 3. The van der Waals surface area contributed by atoms with Crippen molar-refractivity contribution in [2.45, 2.75) is 11.8 Å². The van der Waals surface area contributed by atoms with Gasteiger partial charge in [-0.05, 0) is 36.6 Å². The number of rotatable bonds is 6. The fourth-order valence-corrected chi connectivity index (χ4v) is 4.67. The molecule has 0 saturated carbocycles. The highest BCUT2D eigenvalue weighted by Crippen LogP contribution is 2.40. The van der Waals surface area contributed by atoms with Crippen LogP contribution >= 0.6 is 11.8 Å². The Bertz CT molecular complexity index is 1010. The molecule has 0 bridgehead atoms. The van der Waals surface area contributed by atoms with Crippen LogP contribution in [0.2, 0.25) is 0 Å². The molecule has 7 nitrogen and oxygen atoms in total. The van der Waals surface area contributed by atoms with Crippen LogP contribution in [0.3, 0.4) is 0 Å². The summed E-state index contributed by atoms with van der Waals surface area (Å²) >= 11 is 1.01. The van der Waals surface area contributed by atoms with Gasteiger partial charge in [0.15, 0.2) is 11.3 Å². The van der Waals surface area contributed by atoms with Gasteiger partial charge in [0.2, 0.25) is 0 Å². The van der Waals surface area contributed by atoms with E-state index >= 15 is 0 Å². The third-order valence-corrected chi connectivity index (χ3v) is 6.60. The van der Waals surface area contributed by atoms with E-state index in [0.29, 0.717) is 5.56 Å². The van der Waals surface area contributed by atoms with E-state index in [0.717, 1.165) is 22.5 Å². The molecule has 1 fully saturated rings. The topological polar surface area (TPSA) is 94.2 Å². The van der Waals surface area contributed by atoms with Crippen molar-refractivity contribution >= 4 is 21.9 Å². The largest absolute Gasteiger partial charge is 0.435 e. The highest BCUT2D eigenvalue weighted by molar-refractivity contribution is 8.10. The summed E-state index contributed by atoms with van der Waals surface area (Å²) in [5.41, 5.74) is -2.36. The fraction of sp³-hybridized carbons (Fsp3) is 0.375. The molecular formula is C16H14F3N3O4S2. The van der Waals surface area contributed by atoms with Crippen LogP contribution in [0.4, 0.5) is 13.2 Å². The maximum absolute atomic E-state index is 13.3. The van der Waals surface area contributed by atoms with E-state index in [4.69, 9.17) is 14.2 Å². The zero-order valence-corrected chi connectivity index (χ0v) is 16.1. The molecule has 1 aliphatic rings. The van der Waals surface area contributed by atoms with Gasteiger partial charge >= 0.3 is 6.18 Å². The predicted octanol–water partition coefficient (Wildman–Crippen LogP) is 2.66. The summed E-state index contributed by atoms with van der Waals surface area (Å²) in [6.45, 7) is -0.472. The number of halogens is 3. The van der Waals surface area contributed by atoms with Gasteiger partial charge in [-0.2, -0.15) is 31.9 Å². The van der Waals surface area contributed by atoms with Crippen LogP contribution in [0.5, 0.6) is 0 Å². The van der Waals surface area contributed by atoms with Gasteiger partial charge in [-0.3, -0.25) is 4.18 Å². The summed E-state index contributed by atoms with van der Waals surface area (Å²) in [4.78, 5) is 0. The van der Waals surface area contributed by atoms with Gasteiger partial charge in [-0.25, -0.2) is 4.68 Å². The van der Waals surface area contributed by atoms with Crippen LogP contribution in [0.15, 0.2) is 30.3 Å². The molecule has 0 atom stereocenters. The summed E-state index contributed by atoms with van der Waals surface area (Å²) < 4.78 is 75.5. The number of thioether (sulfide) groups is 1. The van der Waals surface area contributed by atoms with Crippen molar-refractivity contribution < 1.29 is 30.5 Å². The van der Waals surface area contributed by atoms with Crippen molar-refractivity contribution in [3.8, 4) is 11.8 Å². The number of nitriles is 1. The smallest absolute Gasteiger partial charge is 0.374 e. The highest BCUT2D eigenvalue weighted by atomic mass is 32.3. The molecule has 3 rings (SSSR count). The third-order valence-electron chi connectivity index (χ3n) is 3.93. The van der Waals surface area contributed by atoms with E-state index in [9.17, 15) is 21.6 Å². The Kier molecular flexibility index (Phi) is 5.46. The average molecular weight is 433 g/mol. The van der Waals surface area contributed by atoms with Crippen LogP contribution in [0.25, 0.3) is 5.69 Å². The molecule has 2 aromatic rings. The fourth-order valence-electron chi connectivity index (χ4n) is 2.66.